The number of phenolic OH excluding ortho intramolecular Hbond substituents is 1. The number of methoxy groups -OCH3 is 2. The van der Waals surface area contributed by atoms with Gasteiger partial charge in [-0.05, 0) is 89.5 Å². The van der Waals surface area contributed by atoms with Crippen LogP contribution >= 0.6 is 0 Å². The number of nitrogens with zero attached hydrogens (tertiary/aromatic N) is 4. The van der Waals surface area contributed by atoms with E-state index in [4.69, 9.17) is 14.2 Å². The van der Waals surface area contributed by atoms with E-state index in [0.717, 1.165) is 22.1 Å². The minimum absolute atomic E-state index is 0.0225. The van der Waals surface area contributed by atoms with Gasteiger partial charge in [0.25, 0.3) is 20.0 Å². The van der Waals surface area contributed by atoms with Crippen LogP contribution < -0.4 is 14.2 Å². The Kier molecular flexibility index (Phi) is 11.3. The Bertz CT molecular complexity index is 3210. The largest absolute Gasteiger partial charge is 0.504 e. The summed E-state index contributed by atoms with van der Waals surface area (Å²) in [5, 5.41) is 11.5. The Labute approximate surface area is 352 Å². The number of aromatic nitrogens is 4. The topological polar surface area (TPSA) is 152 Å². The van der Waals surface area contributed by atoms with E-state index in [1.165, 1.54) is 21.3 Å². The fourth-order valence-electron chi connectivity index (χ4n) is 6.85. The molecule has 9 aromatic rings. The standard InChI is InChI=1S/C27H22N2O4S.C20H16N2O4S/c1-32-25-15-14-21(17-26(25)33-19-20-9-4-2-5-10-20)24-18-29(27-23(24)13-8-16-28-27)34(30,31)22-11-6-3-7-12-22;1-26-19-10-9-14(12-18(19)23)17-13-22(20-16(17)8-5-11-21-20)27(24,25)15-6-3-2-4-7-15/h2-18H,19H2,1H3;2-13,23H,1H3. The van der Waals surface area contributed by atoms with Gasteiger partial charge in [0.05, 0.1) is 24.0 Å². The summed E-state index contributed by atoms with van der Waals surface area (Å²) in [6, 6.07) is 44.1. The molecule has 0 atom stereocenters. The molecular formula is C47H38N4O8S2. The average molecular weight is 851 g/mol. The summed E-state index contributed by atoms with van der Waals surface area (Å²) in [5.74, 6) is 1.49. The highest BCUT2D eigenvalue weighted by molar-refractivity contribution is 7.90. The highest BCUT2D eigenvalue weighted by Gasteiger charge is 2.24. The van der Waals surface area contributed by atoms with E-state index >= 15 is 0 Å². The van der Waals surface area contributed by atoms with Crippen LogP contribution in [0.2, 0.25) is 0 Å². The second-order valence-corrected chi connectivity index (χ2v) is 17.2. The van der Waals surface area contributed by atoms with Crippen molar-refractivity contribution in [3.8, 4) is 45.3 Å². The molecule has 0 aliphatic carbocycles. The van der Waals surface area contributed by atoms with Crippen molar-refractivity contribution in [2.24, 2.45) is 0 Å². The maximum absolute atomic E-state index is 13.4. The molecule has 0 amide bonds. The number of aromatic hydroxyl groups is 1. The van der Waals surface area contributed by atoms with Crippen LogP contribution in [-0.4, -0.2) is 54.1 Å². The lowest BCUT2D eigenvalue weighted by Gasteiger charge is -2.12. The van der Waals surface area contributed by atoms with E-state index in [2.05, 4.69) is 9.97 Å². The minimum Gasteiger partial charge on any atom is -0.504 e. The zero-order valence-corrected chi connectivity index (χ0v) is 34.5. The molecule has 1 N–H and O–H groups in total. The van der Waals surface area contributed by atoms with Crippen molar-refractivity contribution in [1.29, 1.82) is 0 Å². The molecule has 14 heteroatoms. The number of ether oxygens (including phenoxy) is 3. The molecule has 0 bridgehead atoms. The first-order valence-electron chi connectivity index (χ1n) is 18.9. The van der Waals surface area contributed by atoms with Crippen molar-refractivity contribution in [3.63, 3.8) is 0 Å². The summed E-state index contributed by atoms with van der Waals surface area (Å²) < 4.78 is 72.1. The number of hydrogen-bond acceptors (Lipinski definition) is 10. The fraction of sp³-hybridized carbons (Fsp3) is 0.0638. The van der Waals surface area contributed by atoms with Gasteiger partial charge in [0.1, 0.15) is 6.61 Å². The number of fused-ring (bicyclic) bond motifs is 2. The molecule has 0 saturated heterocycles. The van der Waals surface area contributed by atoms with Crippen LogP contribution in [0.15, 0.2) is 186 Å². The van der Waals surface area contributed by atoms with Gasteiger partial charge in [0, 0.05) is 46.7 Å². The zero-order chi connectivity index (χ0) is 42.6. The molecule has 4 heterocycles. The molecule has 0 spiro atoms. The summed E-state index contributed by atoms with van der Waals surface area (Å²) in [6.45, 7) is 0.381. The van der Waals surface area contributed by atoms with Gasteiger partial charge in [-0.15, -0.1) is 0 Å². The van der Waals surface area contributed by atoms with E-state index in [1.54, 1.807) is 123 Å². The van der Waals surface area contributed by atoms with Crippen LogP contribution in [0.3, 0.4) is 0 Å². The summed E-state index contributed by atoms with van der Waals surface area (Å²) in [5.41, 5.74) is 4.56. The van der Waals surface area contributed by atoms with Gasteiger partial charge in [0.2, 0.25) is 0 Å². The number of rotatable bonds is 11. The summed E-state index contributed by atoms with van der Waals surface area (Å²) >= 11 is 0. The molecule has 61 heavy (non-hydrogen) atoms. The molecule has 0 aliphatic heterocycles. The predicted octanol–water partition coefficient (Wildman–Crippen LogP) is 9.18. The molecule has 0 saturated carbocycles. The number of hydrogen-bond donors (Lipinski definition) is 1. The highest BCUT2D eigenvalue weighted by Crippen LogP contribution is 2.39. The lowest BCUT2D eigenvalue weighted by molar-refractivity contribution is 0.284. The van der Waals surface area contributed by atoms with Crippen molar-refractivity contribution in [1.82, 2.24) is 17.9 Å². The van der Waals surface area contributed by atoms with E-state index in [-0.39, 0.29) is 15.5 Å². The maximum atomic E-state index is 13.4. The van der Waals surface area contributed by atoms with Gasteiger partial charge in [-0.2, -0.15) is 0 Å². The molecule has 0 aliphatic rings. The molecule has 4 aromatic heterocycles. The smallest absolute Gasteiger partial charge is 0.269 e. The van der Waals surface area contributed by atoms with E-state index < -0.39 is 20.0 Å². The second-order valence-electron chi connectivity index (χ2n) is 13.6. The number of benzene rings is 5. The summed E-state index contributed by atoms with van der Waals surface area (Å²) in [7, 11) is -4.57. The van der Waals surface area contributed by atoms with Crippen molar-refractivity contribution < 1.29 is 36.2 Å². The first-order chi connectivity index (χ1) is 29.6. The van der Waals surface area contributed by atoms with Gasteiger partial charge >= 0.3 is 0 Å². The van der Waals surface area contributed by atoms with E-state index in [9.17, 15) is 21.9 Å². The Morgan fingerprint density at radius 1 is 0.525 bits per heavy atom. The molecule has 12 nitrogen and oxygen atoms in total. The van der Waals surface area contributed by atoms with Crippen molar-refractivity contribution in [3.05, 3.63) is 182 Å². The van der Waals surface area contributed by atoms with Crippen LogP contribution in [0.4, 0.5) is 0 Å². The second kappa shape index (κ2) is 17.0. The highest BCUT2D eigenvalue weighted by atomic mass is 32.2. The lowest BCUT2D eigenvalue weighted by atomic mass is 10.1. The SMILES string of the molecule is COc1ccc(-c2cn(S(=O)(=O)c3ccccc3)c3ncccc23)cc1O.COc1ccc(-c2cn(S(=O)(=O)c3ccccc3)c3ncccc23)cc1OCc1ccccc1. The van der Waals surface area contributed by atoms with Crippen molar-refractivity contribution in [2.45, 2.75) is 16.4 Å². The van der Waals surface area contributed by atoms with Crippen LogP contribution in [0.5, 0.6) is 23.0 Å². The number of phenols is 1. The fourth-order valence-corrected chi connectivity index (χ4v) is 9.54. The van der Waals surface area contributed by atoms with Gasteiger partial charge in [-0.1, -0.05) is 78.9 Å². The number of pyridine rings is 2. The molecule has 306 valence electrons. The van der Waals surface area contributed by atoms with Gasteiger partial charge in [-0.3, -0.25) is 0 Å². The predicted molar refractivity (Wildman–Crippen MR) is 234 cm³/mol. The van der Waals surface area contributed by atoms with E-state index in [0.29, 0.717) is 51.7 Å². The normalized spacial score (nSPS) is 11.5. The third kappa shape index (κ3) is 8.01. The molecule has 5 aromatic carbocycles. The molecule has 9 rings (SSSR count). The average Bonchev–Trinajstić information content (AvgIpc) is 3.90. The zero-order valence-electron chi connectivity index (χ0n) is 32.9. The molecule has 0 fully saturated rings. The maximum Gasteiger partial charge on any atom is 0.269 e. The van der Waals surface area contributed by atoms with Crippen molar-refractivity contribution in [2.75, 3.05) is 14.2 Å². The Morgan fingerprint density at radius 2 is 0.984 bits per heavy atom. The first-order valence-corrected chi connectivity index (χ1v) is 21.7. The van der Waals surface area contributed by atoms with Crippen LogP contribution in [0, 0.1) is 0 Å². The summed E-state index contributed by atoms with van der Waals surface area (Å²) in [4.78, 5) is 9.03. The monoisotopic (exact) mass is 850 g/mol. The molecule has 0 radical (unpaired) electrons. The van der Waals surface area contributed by atoms with Crippen LogP contribution in [-0.2, 0) is 26.7 Å². The quantitative estimate of drug-likeness (QED) is 0.133. The molecular weight excluding hydrogens is 813 g/mol. The van der Waals surface area contributed by atoms with Crippen LogP contribution in [0.1, 0.15) is 5.56 Å². The van der Waals surface area contributed by atoms with Gasteiger partial charge in [0.15, 0.2) is 34.3 Å². The van der Waals surface area contributed by atoms with Gasteiger partial charge < -0.3 is 19.3 Å². The van der Waals surface area contributed by atoms with Crippen LogP contribution in [0.25, 0.3) is 44.3 Å². The Balaban J connectivity index is 0.000000173. The Hall–Kier alpha value is -7.42. The lowest BCUT2D eigenvalue weighted by Crippen LogP contribution is -2.12. The van der Waals surface area contributed by atoms with E-state index in [1.807, 2.05) is 54.6 Å². The van der Waals surface area contributed by atoms with Crippen molar-refractivity contribution >= 4 is 42.1 Å². The Morgan fingerprint density at radius 3 is 1.46 bits per heavy atom. The summed E-state index contributed by atoms with van der Waals surface area (Å²) in [6.07, 6.45) is 6.28. The van der Waals surface area contributed by atoms with Gasteiger partial charge in [-0.25, -0.2) is 34.7 Å². The molecule has 0 unspecified atom stereocenters. The minimum atomic E-state index is -3.82. The third-order valence-corrected chi connectivity index (χ3v) is 13.2. The third-order valence-electron chi connectivity index (χ3n) is 9.87. The first kappa shape index (κ1) is 40.4.